The second-order valence-electron chi connectivity index (χ2n) is 5.50. The Morgan fingerprint density at radius 2 is 2.05 bits per heavy atom. The van der Waals surface area contributed by atoms with Gasteiger partial charge in [-0.2, -0.15) is 5.26 Å². The molecule has 21 heavy (non-hydrogen) atoms. The molecule has 1 aromatic carbocycles. The number of nitriles is 1. The van der Waals surface area contributed by atoms with Crippen LogP contribution in [-0.4, -0.2) is 48.3 Å². The highest BCUT2D eigenvalue weighted by atomic mass is 16.5. The molecule has 0 radical (unpaired) electrons. The Morgan fingerprint density at radius 3 is 2.62 bits per heavy atom. The van der Waals surface area contributed by atoms with E-state index >= 15 is 0 Å². The van der Waals surface area contributed by atoms with E-state index in [9.17, 15) is 15.2 Å². The first-order valence-corrected chi connectivity index (χ1v) is 7.05. The molecule has 1 atom stereocenters. The van der Waals surface area contributed by atoms with Crippen molar-refractivity contribution in [2.75, 3.05) is 26.8 Å². The number of aliphatic hydroxyl groups is 1. The maximum atomic E-state index is 12.5. The van der Waals surface area contributed by atoms with Gasteiger partial charge in [-0.05, 0) is 5.56 Å². The predicted octanol–water partition coefficient (Wildman–Crippen LogP) is 1.29. The summed E-state index contributed by atoms with van der Waals surface area (Å²) < 4.78 is 5.23. The summed E-state index contributed by atoms with van der Waals surface area (Å²) in [7, 11) is 1.63. The fourth-order valence-electron chi connectivity index (χ4n) is 2.57. The molecule has 1 N–H and O–H groups in total. The van der Waals surface area contributed by atoms with E-state index in [0.717, 1.165) is 0 Å². The van der Waals surface area contributed by atoms with Gasteiger partial charge in [-0.3, -0.25) is 4.79 Å². The molecule has 1 aromatic rings. The fraction of sp³-hybridized carbons (Fsp3) is 0.500. The van der Waals surface area contributed by atoms with Crippen LogP contribution in [-0.2, 0) is 9.53 Å². The van der Waals surface area contributed by atoms with Gasteiger partial charge < -0.3 is 14.7 Å². The standard InChI is InChI=1S/C16H20N2O3/c1-18(12-16(20)7-9-21-10-8-16)15(19)14(11-17)13-5-3-2-4-6-13/h2-6,14,20H,7-10,12H2,1H3. The van der Waals surface area contributed by atoms with Crippen LogP contribution in [0.15, 0.2) is 30.3 Å². The Bertz CT molecular complexity index is 518. The molecule has 1 aliphatic rings. The maximum absolute atomic E-state index is 12.5. The van der Waals surface area contributed by atoms with Gasteiger partial charge in [0.1, 0.15) is 5.92 Å². The molecule has 1 unspecified atom stereocenters. The molecule has 1 aliphatic heterocycles. The van der Waals surface area contributed by atoms with Crippen LogP contribution >= 0.6 is 0 Å². The number of carbonyl (C=O) groups is 1. The lowest BCUT2D eigenvalue weighted by molar-refractivity contribution is -0.137. The highest BCUT2D eigenvalue weighted by molar-refractivity contribution is 5.86. The summed E-state index contributed by atoms with van der Waals surface area (Å²) in [6.07, 6.45) is 1.01. The van der Waals surface area contributed by atoms with Crippen LogP contribution in [0.3, 0.4) is 0 Å². The number of nitrogens with zero attached hydrogens (tertiary/aromatic N) is 2. The number of amides is 1. The minimum atomic E-state index is -0.917. The molecule has 1 heterocycles. The van der Waals surface area contributed by atoms with Crippen molar-refractivity contribution >= 4 is 5.91 Å². The van der Waals surface area contributed by atoms with Crippen LogP contribution in [0.5, 0.6) is 0 Å². The van der Waals surface area contributed by atoms with Gasteiger partial charge in [-0.15, -0.1) is 0 Å². The van der Waals surface area contributed by atoms with Crippen molar-refractivity contribution in [3.63, 3.8) is 0 Å². The minimum absolute atomic E-state index is 0.222. The lowest BCUT2D eigenvalue weighted by Crippen LogP contribution is -2.48. The molecule has 2 rings (SSSR count). The number of hydrogen-bond donors (Lipinski definition) is 1. The highest BCUT2D eigenvalue weighted by Gasteiger charge is 2.34. The molecule has 1 fully saturated rings. The molecule has 0 saturated carbocycles. The Hall–Kier alpha value is -1.90. The zero-order valence-corrected chi connectivity index (χ0v) is 12.2. The first-order chi connectivity index (χ1) is 10.1. The van der Waals surface area contributed by atoms with Gasteiger partial charge in [-0.1, -0.05) is 30.3 Å². The number of ether oxygens (including phenoxy) is 1. The SMILES string of the molecule is CN(CC1(O)CCOCC1)C(=O)C(C#N)c1ccccc1. The third kappa shape index (κ3) is 3.81. The van der Waals surface area contributed by atoms with Crippen LogP contribution in [0.1, 0.15) is 24.3 Å². The second-order valence-corrected chi connectivity index (χ2v) is 5.50. The molecule has 0 bridgehead atoms. The summed E-state index contributed by atoms with van der Waals surface area (Å²) >= 11 is 0. The van der Waals surface area contributed by atoms with Crippen molar-refractivity contribution in [2.24, 2.45) is 0 Å². The predicted molar refractivity (Wildman–Crippen MR) is 77.4 cm³/mol. The van der Waals surface area contributed by atoms with Crippen LogP contribution < -0.4 is 0 Å². The lowest BCUT2D eigenvalue weighted by atomic mass is 9.92. The first-order valence-electron chi connectivity index (χ1n) is 7.05. The number of carbonyl (C=O) groups excluding carboxylic acids is 1. The number of likely N-dealkylation sites (N-methyl/N-ethyl adjacent to an activating group) is 1. The summed E-state index contributed by atoms with van der Waals surface area (Å²) in [5.74, 6) is -1.12. The Balaban J connectivity index is 2.06. The van der Waals surface area contributed by atoms with Crippen molar-refractivity contribution in [3.05, 3.63) is 35.9 Å². The van der Waals surface area contributed by atoms with E-state index in [4.69, 9.17) is 4.74 Å². The van der Waals surface area contributed by atoms with Crippen molar-refractivity contribution < 1.29 is 14.6 Å². The average molecular weight is 288 g/mol. The van der Waals surface area contributed by atoms with Gasteiger partial charge in [0.2, 0.25) is 5.91 Å². The lowest BCUT2D eigenvalue weighted by Gasteiger charge is -2.35. The molecule has 1 saturated heterocycles. The molecule has 0 aliphatic carbocycles. The second kappa shape index (κ2) is 6.70. The average Bonchev–Trinajstić information content (AvgIpc) is 2.49. The van der Waals surface area contributed by atoms with Crippen molar-refractivity contribution in [1.29, 1.82) is 5.26 Å². The van der Waals surface area contributed by atoms with Crippen LogP contribution in [0.4, 0.5) is 0 Å². The zero-order valence-electron chi connectivity index (χ0n) is 12.2. The molecule has 112 valence electrons. The van der Waals surface area contributed by atoms with Crippen LogP contribution in [0.2, 0.25) is 0 Å². The summed E-state index contributed by atoms with van der Waals surface area (Å²) in [5.41, 5.74) is -0.241. The number of benzene rings is 1. The quantitative estimate of drug-likeness (QED) is 0.906. The largest absolute Gasteiger partial charge is 0.388 e. The van der Waals surface area contributed by atoms with E-state index in [1.165, 1.54) is 4.90 Å². The molecule has 5 heteroatoms. The van der Waals surface area contributed by atoms with Crippen molar-refractivity contribution in [3.8, 4) is 6.07 Å². The molecular formula is C16H20N2O3. The minimum Gasteiger partial charge on any atom is -0.388 e. The van der Waals surface area contributed by atoms with Gasteiger partial charge in [0, 0.05) is 39.6 Å². The Kier molecular flexibility index (Phi) is 4.94. The van der Waals surface area contributed by atoms with E-state index in [1.807, 2.05) is 6.07 Å². The van der Waals surface area contributed by atoms with E-state index in [2.05, 4.69) is 6.07 Å². The van der Waals surface area contributed by atoms with E-state index < -0.39 is 11.5 Å². The maximum Gasteiger partial charge on any atom is 0.244 e. The van der Waals surface area contributed by atoms with Crippen LogP contribution in [0, 0.1) is 11.3 Å². The molecule has 5 nitrogen and oxygen atoms in total. The van der Waals surface area contributed by atoms with E-state index in [1.54, 1.807) is 31.3 Å². The number of rotatable bonds is 4. The van der Waals surface area contributed by atoms with Crippen molar-refractivity contribution in [1.82, 2.24) is 4.90 Å². The summed E-state index contributed by atoms with van der Waals surface area (Å²) in [5, 5.41) is 19.7. The Morgan fingerprint density at radius 1 is 1.43 bits per heavy atom. The Labute approximate surface area is 124 Å². The van der Waals surface area contributed by atoms with Crippen molar-refractivity contribution in [2.45, 2.75) is 24.4 Å². The van der Waals surface area contributed by atoms with Gasteiger partial charge in [0.05, 0.1) is 11.7 Å². The van der Waals surface area contributed by atoms with Gasteiger partial charge in [0.25, 0.3) is 0 Å². The first kappa shape index (κ1) is 15.5. The third-order valence-electron chi connectivity index (χ3n) is 3.84. The van der Waals surface area contributed by atoms with E-state index in [0.29, 0.717) is 31.6 Å². The summed E-state index contributed by atoms with van der Waals surface area (Å²) in [6.45, 7) is 1.22. The van der Waals surface area contributed by atoms with Crippen LogP contribution in [0.25, 0.3) is 0 Å². The highest BCUT2D eigenvalue weighted by Crippen LogP contribution is 2.23. The molecule has 1 amide bonds. The van der Waals surface area contributed by atoms with E-state index in [-0.39, 0.29) is 12.5 Å². The molecule has 0 aromatic heterocycles. The third-order valence-corrected chi connectivity index (χ3v) is 3.84. The number of hydrogen-bond acceptors (Lipinski definition) is 4. The fourth-order valence-corrected chi connectivity index (χ4v) is 2.57. The van der Waals surface area contributed by atoms with Gasteiger partial charge in [0.15, 0.2) is 0 Å². The molecule has 0 spiro atoms. The summed E-state index contributed by atoms with van der Waals surface area (Å²) in [4.78, 5) is 13.9. The topological polar surface area (TPSA) is 73.6 Å². The van der Waals surface area contributed by atoms with Gasteiger partial charge >= 0.3 is 0 Å². The normalized spacial score (nSPS) is 18.5. The monoisotopic (exact) mass is 288 g/mol. The van der Waals surface area contributed by atoms with Gasteiger partial charge in [-0.25, -0.2) is 0 Å². The smallest absolute Gasteiger partial charge is 0.244 e. The zero-order chi connectivity index (χ0) is 15.3. The molecular weight excluding hydrogens is 268 g/mol. The summed E-state index contributed by atoms with van der Waals surface area (Å²) in [6, 6.07) is 11.0.